The number of benzene rings is 1. The van der Waals surface area contributed by atoms with E-state index in [0.717, 1.165) is 16.8 Å². The quantitative estimate of drug-likeness (QED) is 0.669. The summed E-state index contributed by atoms with van der Waals surface area (Å²) < 4.78 is 6.38. The van der Waals surface area contributed by atoms with E-state index in [0.29, 0.717) is 5.69 Å². The summed E-state index contributed by atoms with van der Waals surface area (Å²) in [7, 11) is 1.37. The van der Waals surface area contributed by atoms with Gasteiger partial charge in [-0.15, -0.1) is 0 Å². The van der Waals surface area contributed by atoms with Gasteiger partial charge in [0.25, 0.3) is 0 Å². The van der Waals surface area contributed by atoms with Gasteiger partial charge >= 0.3 is 5.97 Å². The second-order valence-corrected chi connectivity index (χ2v) is 4.63. The summed E-state index contributed by atoms with van der Waals surface area (Å²) in [6, 6.07) is 15.6. The number of hydrogen-bond donors (Lipinski definition) is 0. The molecular formula is C16H14N2O2. The molecule has 3 rings (SSSR count). The van der Waals surface area contributed by atoms with Crippen LogP contribution >= 0.6 is 0 Å². The second-order valence-electron chi connectivity index (χ2n) is 4.63. The molecule has 0 atom stereocenters. The lowest BCUT2D eigenvalue weighted by Gasteiger charge is -2.05. The Morgan fingerprint density at radius 1 is 1.05 bits per heavy atom. The average molecular weight is 266 g/mol. The highest BCUT2D eigenvalue weighted by Gasteiger charge is 2.12. The number of hydrogen-bond acceptors (Lipinski definition) is 3. The maximum Gasteiger partial charge on any atom is 0.356 e. The number of ether oxygens (including phenoxy) is 1. The third-order valence-electron chi connectivity index (χ3n) is 3.25. The molecule has 0 saturated carbocycles. The lowest BCUT2D eigenvalue weighted by molar-refractivity contribution is 0.0591. The minimum absolute atomic E-state index is 0.390. The van der Waals surface area contributed by atoms with Crippen LogP contribution in [0.5, 0.6) is 0 Å². The molecule has 0 amide bonds. The lowest BCUT2D eigenvalue weighted by atomic mass is 10.1. The highest BCUT2D eigenvalue weighted by molar-refractivity contribution is 5.89. The minimum atomic E-state index is -0.390. The van der Waals surface area contributed by atoms with Gasteiger partial charge in [-0.25, -0.2) is 9.31 Å². The van der Waals surface area contributed by atoms with Crippen LogP contribution < -0.4 is 0 Å². The predicted octanol–water partition coefficient (Wildman–Crippen LogP) is 3.10. The van der Waals surface area contributed by atoms with Crippen LogP contribution in [-0.2, 0) is 4.74 Å². The van der Waals surface area contributed by atoms with Crippen molar-refractivity contribution in [3.8, 4) is 11.3 Å². The first kappa shape index (κ1) is 12.4. The molecule has 20 heavy (non-hydrogen) atoms. The van der Waals surface area contributed by atoms with Crippen molar-refractivity contribution < 1.29 is 9.53 Å². The zero-order chi connectivity index (χ0) is 14.1. The van der Waals surface area contributed by atoms with E-state index in [9.17, 15) is 4.79 Å². The predicted molar refractivity (Wildman–Crippen MR) is 76.7 cm³/mol. The molecule has 4 heteroatoms. The van der Waals surface area contributed by atoms with Crippen molar-refractivity contribution in [3.63, 3.8) is 0 Å². The number of methoxy groups -OCH3 is 1. The smallest absolute Gasteiger partial charge is 0.356 e. The Balaban J connectivity index is 2.14. The van der Waals surface area contributed by atoms with Crippen molar-refractivity contribution >= 4 is 11.5 Å². The number of esters is 1. The summed E-state index contributed by atoms with van der Waals surface area (Å²) in [5.41, 5.74) is 4.32. The van der Waals surface area contributed by atoms with Crippen LogP contribution in [0.15, 0.2) is 48.5 Å². The molecule has 1 aromatic carbocycles. The van der Waals surface area contributed by atoms with E-state index in [-0.39, 0.29) is 0 Å². The van der Waals surface area contributed by atoms with Gasteiger partial charge in [0.15, 0.2) is 5.69 Å². The summed E-state index contributed by atoms with van der Waals surface area (Å²) >= 11 is 0. The molecule has 0 aliphatic carbocycles. The zero-order valence-electron chi connectivity index (χ0n) is 11.3. The standard InChI is InChI=1S/C16H14N2O2/c1-11-3-5-12(6-4-11)14-9-7-13-8-10-15(16(19)20-2)18(13)17-14/h3-10H,1-2H3. The number of rotatable bonds is 2. The summed E-state index contributed by atoms with van der Waals surface area (Å²) in [4.78, 5) is 11.7. The van der Waals surface area contributed by atoms with Crippen molar-refractivity contribution in [2.75, 3.05) is 7.11 Å². The van der Waals surface area contributed by atoms with E-state index in [1.807, 2.05) is 49.4 Å². The maximum atomic E-state index is 11.7. The minimum Gasteiger partial charge on any atom is -0.464 e. The molecule has 0 bridgehead atoms. The monoisotopic (exact) mass is 266 g/mol. The van der Waals surface area contributed by atoms with Crippen molar-refractivity contribution in [1.82, 2.24) is 9.61 Å². The molecule has 3 aromatic rings. The SMILES string of the molecule is COC(=O)c1ccc2ccc(-c3ccc(C)cc3)nn12. The molecule has 0 saturated heterocycles. The van der Waals surface area contributed by atoms with E-state index in [4.69, 9.17) is 4.74 Å². The van der Waals surface area contributed by atoms with Gasteiger partial charge in [-0.3, -0.25) is 0 Å². The Morgan fingerprint density at radius 3 is 2.45 bits per heavy atom. The second kappa shape index (κ2) is 4.81. The molecule has 0 unspecified atom stereocenters. The topological polar surface area (TPSA) is 43.6 Å². The Bertz CT molecular complexity index is 773. The fourth-order valence-corrected chi connectivity index (χ4v) is 2.13. The van der Waals surface area contributed by atoms with Gasteiger partial charge in [-0.05, 0) is 31.2 Å². The van der Waals surface area contributed by atoms with E-state index in [1.165, 1.54) is 12.7 Å². The van der Waals surface area contributed by atoms with Gasteiger partial charge in [0, 0.05) is 5.56 Å². The fraction of sp³-hybridized carbons (Fsp3) is 0.125. The van der Waals surface area contributed by atoms with Crippen LogP contribution in [0.25, 0.3) is 16.8 Å². The van der Waals surface area contributed by atoms with Gasteiger partial charge in [-0.2, -0.15) is 5.10 Å². The highest BCUT2D eigenvalue weighted by atomic mass is 16.5. The molecular weight excluding hydrogens is 252 g/mol. The van der Waals surface area contributed by atoms with Crippen LogP contribution in [0.3, 0.4) is 0 Å². The van der Waals surface area contributed by atoms with E-state index < -0.39 is 5.97 Å². The van der Waals surface area contributed by atoms with Gasteiger partial charge < -0.3 is 4.74 Å². The van der Waals surface area contributed by atoms with Crippen molar-refractivity contribution in [2.24, 2.45) is 0 Å². The fourth-order valence-electron chi connectivity index (χ4n) is 2.13. The summed E-state index contributed by atoms with van der Waals surface area (Å²) in [6.07, 6.45) is 0. The molecule has 0 aliphatic rings. The highest BCUT2D eigenvalue weighted by Crippen LogP contribution is 2.19. The Labute approximate surface area is 116 Å². The van der Waals surface area contributed by atoms with Gasteiger partial charge in [0.1, 0.15) is 0 Å². The third kappa shape index (κ3) is 2.05. The molecule has 100 valence electrons. The normalized spacial score (nSPS) is 10.7. The molecule has 0 spiro atoms. The van der Waals surface area contributed by atoms with Gasteiger partial charge in [0.05, 0.1) is 18.3 Å². The number of fused-ring (bicyclic) bond motifs is 1. The third-order valence-corrected chi connectivity index (χ3v) is 3.25. The van der Waals surface area contributed by atoms with Crippen LogP contribution in [-0.4, -0.2) is 22.7 Å². The van der Waals surface area contributed by atoms with E-state index in [1.54, 1.807) is 10.6 Å². The van der Waals surface area contributed by atoms with Crippen molar-refractivity contribution in [3.05, 3.63) is 59.8 Å². The first-order valence-electron chi connectivity index (χ1n) is 6.33. The Hall–Kier alpha value is -2.62. The number of aryl methyl sites for hydroxylation is 1. The largest absolute Gasteiger partial charge is 0.464 e. The van der Waals surface area contributed by atoms with Crippen LogP contribution in [0, 0.1) is 6.92 Å². The average Bonchev–Trinajstić information content (AvgIpc) is 2.90. The lowest BCUT2D eigenvalue weighted by Crippen LogP contribution is -2.07. The summed E-state index contributed by atoms with van der Waals surface area (Å²) in [5.74, 6) is -0.390. The van der Waals surface area contributed by atoms with Crippen LogP contribution in [0.2, 0.25) is 0 Å². The molecule has 0 N–H and O–H groups in total. The van der Waals surface area contributed by atoms with E-state index >= 15 is 0 Å². The number of carbonyl (C=O) groups is 1. The first-order valence-corrected chi connectivity index (χ1v) is 6.33. The molecule has 0 radical (unpaired) electrons. The molecule has 0 fully saturated rings. The maximum absolute atomic E-state index is 11.7. The van der Waals surface area contributed by atoms with Crippen LogP contribution in [0.4, 0.5) is 0 Å². The number of carbonyl (C=O) groups excluding carboxylic acids is 1. The molecule has 2 heterocycles. The summed E-state index contributed by atoms with van der Waals surface area (Å²) in [5, 5.41) is 4.52. The van der Waals surface area contributed by atoms with Gasteiger partial charge in [-0.1, -0.05) is 29.8 Å². The number of aromatic nitrogens is 2. The van der Waals surface area contributed by atoms with Crippen LogP contribution in [0.1, 0.15) is 16.1 Å². The summed E-state index contributed by atoms with van der Waals surface area (Å²) in [6.45, 7) is 2.04. The number of nitrogens with zero attached hydrogens (tertiary/aromatic N) is 2. The first-order chi connectivity index (χ1) is 9.69. The Kier molecular flexibility index (Phi) is 2.99. The zero-order valence-corrected chi connectivity index (χ0v) is 11.3. The Morgan fingerprint density at radius 2 is 1.75 bits per heavy atom. The van der Waals surface area contributed by atoms with E-state index in [2.05, 4.69) is 5.10 Å². The molecule has 4 nitrogen and oxygen atoms in total. The van der Waals surface area contributed by atoms with Crippen molar-refractivity contribution in [1.29, 1.82) is 0 Å². The molecule has 2 aromatic heterocycles. The van der Waals surface area contributed by atoms with Crippen molar-refractivity contribution in [2.45, 2.75) is 6.92 Å². The molecule has 0 aliphatic heterocycles. The van der Waals surface area contributed by atoms with Gasteiger partial charge in [0.2, 0.25) is 0 Å².